The van der Waals surface area contributed by atoms with Crippen LogP contribution in [0.4, 0.5) is 0 Å². The van der Waals surface area contributed by atoms with Crippen molar-refractivity contribution in [1.29, 1.82) is 0 Å². The van der Waals surface area contributed by atoms with Gasteiger partial charge in [-0.3, -0.25) is 14.9 Å². The van der Waals surface area contributed by atoms with E-state index in [1.54, 1.807) is 7.11 Å². The van der Waals surface area contributed by atoms with Crippen molar-refractivity contribution in [3.63, 3.8) is 0 Å². The Balaban J connectivity index is 1.44. The molecule has 1 saturated heterocycles. The molecule has 128 valence electrons. The van der Waals surface area contributed by atoms with Gasteiger partial charge in [0.1, 0.15) is 5.75 Å². The average molecular weight is 327 g/mol. The van der Waals surface area contributed by atoms with Crippen LogP contribution in [0.5, 0.6) is 5.75 Å². The topological polar surface area (TPSA) is 47.5 Å². The summed E-state index contributed by atoms with van der Waals surface area (Å²) in [5.74, 6) is 0.896. The van der Waals surface area contributed by atoms with E-state index in [-0.39, 0.29) is 0 Å². The highest BCUT2D eigenvalue weighted by Crippen LogP contribution is 2.21. The molecule has 1 aliphatic rings. The molecule has 0 radical (unpaired) electrons. The van der Waals surface area contributed by atoms with Gasteiger partial charge in [-0.05, 0) is 25.8 Å². The molecular formula is C19H25N3O2. The van der Waals surface area contributed by atoms with E-state index in [2.05, 4.69) is 20.9 Å². The molecule has 0 spiro atoms. The fraction of sp³-hybridized carbons (Fsp3) is 0.474. The summed E-state index contributed by atoms with van der Waals surface area (Å²) in [4.78, 5) is 11.2. The zero-order valence-corrected chi connectivity index (χ0v) is 14.4. The summed E-state index contributed by atoms with van der Waals surface area (Å²) in [5, 5.41) is 0. The zero-order valence-electron chi connectivity index (χ0n) is 14.4. The van der Waals surface area contributed by atoms with E-state index in [1.165, 1.54) is 0 Å². The van der Waals surface area contributed by atoms with Crippen molar-refractivity contribution in [2.45, 2.75) is 39.0 Å². The second-order valence-corrected chi connectivity index (χ2v) is 6.25. The second-order valence-electron chi connectivity index (χ2n) is 6.25. The third-order valence-corrected chi connectivity index (χ3v) is 4.42. The van der Waals surface area contributed by atoms with Gasteiger partial charge < -0.3 is 9.47 Å². The first-order chi connectivity index (χ1) is 11.7. The number of aryl methyl sites for hydroxylation is 1. The lowest BCUT2D eigenvalue weighted by Gasteiger charge is -2.31. The Morgan fingerprint density at radius 2 is 1.92 bits per heavy atom. The lowest BCUT2D eigenvalue weighted by atomic mass is 10.1. The lowest BCUT2D eigenvalue weighted by molar-refractivity contribution is -0.00478. The third kappa shape index (κ3) is 4.52. The number of nitrogens with zero attached hydrogens (tertiary/aromatic N) is 3. The third-order valence-electron chi connectivity index (χ3n) is 4.42. The van der Waals surface area contributed by atoms with Crippen LogP contribution in [0, 0.1) is 6.92 Å². The van der Waals surface area contributed by atoms with Crippen LogP contribution in [0.25, 0.3) is 0 Å². The van der Waals surface area contributed by atoms with Gasteiger partial charge in [0.2, 0.25) is 0 Å². The monoisotopic (exact) mass is 327 g/mol. The van der Waals surface area contributed by atoms with Crippen molar-refractivity contribution in [2.75, 3.05) is 20.2 Å². The number of ether oxygens (including phenoxy) is 2. The fourth-order valence-electron chi connectivity index (χ4n) is 2.99. The van der Waals surface area contributed by atoms with E-state index >= 15 is 0 Å². The number of methoxy groups -OCH3 is 1. The van der Waals surface area contributed by atoms with Crippen molar-refractivity contribution in [3.05, 3.63) is 53.6 Å². The van der Waals surface area contributed by atoms with Crippen LogP contribution < -0.4 is 4.74 Å². The Labute approximate surface area is 143 Å². The van der Waals surface area contributed by atoms with Crippen LogP contribution in [-0.4, -0.2) is 41.2 Å². The molecule has 2 heterocycles. The Kier molecular flexibility index (Phi) is 5.77. The Morgan fingerprint density at radius 3 is 2.62 bits per heavy atom. The highest BCUT2D eigenvalue weighted by molar-refractivity contribution is 5.32. The van der Waals surface area contributed by atoms with E-state index in [0.717, 1.165) is 55.2 Å². The van der Waals surface area contributed by atoms with E-state index in [4.69, 9.17) is 9.47 Å². The predicted molar refractivity (Wildman–Crippen MR) is 92.9 cm³/mol. The second kappa shape index (κ2) is 8.22. The van der Waals surface area contributed by atoms with Crippen molar-refractivity contribution in [2.24, 2.45) is 0 Å². The van der Waals surface area contributed by atoms with Gasteiger partial charge in [0.25, 0.3) is 0 Å². The number of likely N-dealkylation sites (tertiary alicyclic amines) is 1. The maximum Gasteiger partial charge on any atom is 0.124 e. The summed E-state index contributed by atoms with van der Waals surface area (Å²) in [6.45, 7) is 5.50. The fourth-order valence-corrected chi connectivity index (χ4v) is 2.99. The number of piperidine rings is 1. The molecule has 1 fully saturated rings. The first kappa shape index (κ1) is 16.9. The molecule has 0 unspecified atom stereocenters. The van der Waals surface area contributed by atoms with Crippen LogP contribution >= 0.6 is 0 Å². The molecular weight excluding hydrogens is 302 g/mol. The maximum absolute atomic E-state index is 6.09. The molecule has 0 amide bonds. The smallest absolute Gasteiger partial charge is 0.124 e. The zero-order chi connectivity index (χ0) is 16.8. The normalized spacial score (nSPS) is 16.2. The van der Waals surface area contributed by atoms with E-state index < -0.39 is 0 Å². The molecule has 0 bridgehead atoms. The summed E-state index contributed by atoms with van der Waals surface area (Å²) in [5.41, 5.74) is 3.11. The van der Waals surface area contributed by atoms with Gasteiger partial charge in [-0.1, -0.05) is 18.2 Å². The van der Waals surface area contributed by atoms with Crippen molar-refractivity contribution >= 4 is 0 Å². The minimum atomic E-state index is 0.315. The number of hydrogen-bond acceptors (Lipinski definition) is 5. The number of benzene rings is 1. The quantitative estimate of drug-likeness (QED) is 0.816. The number of para-hydroxylation sites is 1. The molecule has 5 heteroatoms. The summed E-state index contributed by atoms with van der Waals surface area (Å²) >= 11 is 0. The van der Waals surface area contributed by atoms with Gasteiger partial charge in [0.15, 0.2) is 0 Å². The molecule has 3 rings (SSSR count). The van der Waals surface area contributed by atoms with Crippen LogP contribution in [0.2, 0.25) is 0 Å². The van der Waals surface area contributed by atoms with E-state index in [9.17, 15) is 0 Å². The Morgan fingerprint density at radius 1 is 1.12 bits per heavy atom. The van der Waals surface area contributed by atoms with Gasteiger partial charge in [-0.2, -0.15) is 0 Å². The molecule has 1 aliphatic heterocycles. The first-order valence-corrected chi connectivity index (χ1v) is 8.48. The molecule has 0 N–H and O–H groups in total. The summed E-state index contributed by atoms with van der Waals surface area (Å²) < 4.78 is 11.5. The van der Waals surface area contributed by atoms with Crippen molar-refractivity contribution < 1.29 is 9.47 Å². The number of hydrogen-bond donors (Lipinski definition) is 0. The van der Waals surface area contributed by atoms with Crippen LogP contribution in [0.15, 0.2) is 36.7 Å². The average Bonchev–Trinajstić information content (AvgIpc) is 2.63. The SMILES string of the molecule is COc1ccccc1COC1CCN(Cc2cnc(C)cn2)CC1. The van der Waals surface area contributed by atoms with Gasteiger partial charge in [0.05, 0.1) is 31.2 Å². The molecule has 1 aromatic carbocycles. The van der Waals surface area contributed by atoms with Gasteiger partial charge >= 0.3 is 0 Å². The minimum Gasteiger partial charge on any atom is -0.496 e. The molecule has 0 atom stereocenters. The lowest BCUT2D eigenvalue weighted by Crippen LogP contribution is -2.36. The van der Waals surface area contributed by atoms with Gasteiger partial charge in [0, 0.05) is 37.6 Å². The molecule has 1 aromatic heterocycles. The molecule has 0 aliphatic carbocycles. The molecule has 5 nitrogen and oxygen atoms in total. The van der Waals surface area contributed by atoms with Crippen LogP contribution in [0.1, 0.15) is 29.8 Å². The van der Waals surface area contributed by atoms with E-state index in [1.807, 2.05) is 37.5 Å². The van der Waals surface area contributed by atoms with Crippen LogP contribution in [0.3, 0.4) is 0 Å². The minimum absolute atomic E-state index is 0.315. The van der Waals surface area contributed by atoms with Gasteiger partial charge in [-0.15, -0.1) is 0 Å². The Hall–Kier alpha value is -1.98. The summed E-state index contributed by atoms with van der Waals surface area (Å²) in [6.07, 6.45) is 6.12. The predicted octanol–water partition coefficient (Wildman–Crippen LogP) is 2.97. The number of aromatic nitrogens is 2. The standard InChI is InChI=1S/C19H25N3O2/c1-15-11-21-17(12-20-15)13-22-9-7-18(8-10-22)24-14-16-5-3-4-6-19(16)23-2/h3-6,11-12,18H,7-10,13-14H2,1-2H3. The summed E-state index contributed by atoms with van der Waals surface area (Å²) in [7, 11) is 1.70. The van der Waals surface area contributed by atoms with Gasteiger partial charge in [-0.25, -0.2) is 0 Å². The van der Waals surface area contributed by atoms with Crippen LogP contribution in [-0.2, 0) is 17.9 Å². The highest BCUT2D eigenvalue weighted by Gasteiger charge is 2.20. The van der Waals surface area contributed by atoms with Crippen molar-refractivity contribution in [3.8, 4) is 5.75 Å². The maximum atomic E-state index is 6.09. The van der Waals surface area contributed by atoms with Crippen molar-refractivity contribution in [1.82, 2.24) is 14.9 Å². The largest absolute Gasteiger partial charge is 0.496 e. The molecule has 2 aromatic rings. The molecule has 0 saturated carbocycles. The number of rotatable bonds is 6. The summed E-state index contributed by atoms with van der Waals surface area (Å²) in [6, 6.07) is 8.04. The van der Waals surface area contributed by atoms with E-state index in [0.29, 0.717) is 12.7 Å². The first-order valence-electron chi connectivity index (χ1n) is 8.48. The molecule has 24 heavy (non-hydrogen) atoms. The Bertz CT molecular complexity index is 637. The highest BCUT2D eigenvalue weighted by atomic mass is 16.5.